The molecule has 0 radical (unpaired) electrons. The zero-order valence-electron chi connectivity index (χ0n) is 56.3. The van der Waals surface area contributed by atoms with E-state index in [9.17, 15) is 19.5 Å². The van der Waals surface area contributed by atoms with Crippen LogP contribution in [-0.4, -0.2) is 82.3 Å². The van der Waals surface area contributed by atoms with Crippen LogP contribution < -0.4 is 5.11 Å². The number of quaternary nitrogens is 1. The van der Waals surface area contributed by atoms with Gasteiger partial charge in [0, 0.05) is 12.8 Å². The normalized spacial score (nSPS) is 13.6. The molecular weight excluding hydrogens is 1080 g/mol. The van der Waals surface area contributed by atoms with Crippen molar-refractivity contribution in [2.75, 3.05) is 47.5 Å². The van der Waals surface area contributed by atoms with Crippen LogP contribution in [0.4, 0.5) is 0 Å². The lowest BCUT2D eigenvalue weighted by atomic mass is 10.0. The van der Waals surface area contributed by atoms with Crippen LogP contribution in [0, 0.1) is 0 Å². The smallest absolute Gasteiger partial charge is 0.306 e. The summed E-state index contributed by atoms with van der Waals surface area (Å²) >= 11 is 0. The third-order valence-corrected chi connectivity index (χ3v) is 14.6. The maximum Gasteiger partial charge on any atom is 0.306 e. The van der Waals surface area contributed by atoms with E-state index >= 15 is 0 Å². The molecule has 0 aliphatic heterocycles. The van der Waals surface area contributed by atoms with Gasteiger partial charge in [-0.2, -0.15) is 0 Å². The molecule has 0 aromatic carbocycles. The molecule has 9 heteroatoms. The third kappa shape index (κ3) is 68.5. The quantitative estimate of drug-likeness (QED) is 0.0195. The molecule has 494 valence electrons. The highest BCUT2D eigenvalue weighted by Crippen LogP contribution is 2.17. The number of carbonyl (C=O) groups is 3. The number of carbonyl (C=O) groups excluding carboxylic acids is 3. The Balaban J connectivity index is 4.18. The molecule has 0 heterocycles. The molecule has 0 aliphatic carbocycles. The minimum atomic E-state index is -1.63. The van der Waals surface area contributed by atoms with E-state index in [4.69, 9.17) is 18.9 Å². The second kappa shape index (κ2) is 67.1. The van der Waals surface area contributed by atoms with Gasteiger partial charge in [0.2, 0.25) is 0 Å². The number of carboxylic acids is 1. The van der Waals surface area contributed by atoms with E-state index in [1.165, 1.54) is 103 Å². The molecule has 0 rings (SSSR count). The molecule has 2 unspecified atom stereocenters. The van der Waals surface area contributed by atoms with Crippen LogP contribution in [0.25, 0.3) is 0 Å². The molecule has 9 nitrogen and oxygen atoms in total. The Bertz CT molecular complexity index is 1940. The predicted molar refractivity (Wildman–Crippen MR) is 370 cm³/mol. The van der Waals surface area contributed by atoms with Gasteiger partial charge in [0.05, 0.1) is 40.3 Å². The van der Waals surface area contributed by atoms with Crippen molar-refractivity contribution in [2.24, 2.45) is 0 Å². The van der Waals surface area contributed by atoms with Gasteiger partial charge in [0.1, 0.15) is 13.2 Å². The fourth-order valence-corrected chi connectivity index (χ4v) is 9.31. The number of ether oxygens (including phenoxy) is 4. The lowest BCUT2D eigenvalue weighted by molar-refractivity contribution is -0.870. The summed E-state index contributed by atoms with van der Waals surface area (Å²) in [6, 6.07) is 0. The van der Waals surface area contributed by atoms with Crippen molar-refractivity contribution in [1.29, 1.82) is 0 Å². The van der Waals surface area contributed by atoms with Gasteiger partial charge in [-0.05, 0) is 116 Å². The van der Waals surface area contributed by atoms with Crippen molar-refractivity contribution in [1.82, 2.24) is 0 Å². The molecule has 0 aromatic heterocycles. The summed E-state index contributed by atoms with van der Waals surface area (Å²) in [5.41, 5.74) is 0. The first-order chi connectivity index (χ1) is 42.6. The van der Waals surface area contributed by atoms with Gasteiger partial charge in [-0.3, -0.25) is 9.59 Å². The predicted octanol–water partition coefficient (Wildman–Crippen LogP) is 20.6. The van der Waals surface area contributed by atoms with Crippen molar-refractivity contribution in [3.05, 3.63) is 146 Å². The molecule has 0 fully saturated rings. The van der Waals surface area contributed by atoms with Crippen LogP contribution in [0.1, 0.15) is 271 Å². The molecule has 0 N–H and O–H groups in total. The molecule has 0 spiro atoms. The molecule has 0 saturated carbocycles. The fraction of sp³-hybridized carbons (Fsp3) is 0.654. The van der Waals surface area contributed by atoms with Crippen LogP contribution in [0.5, 0.6) is 0 Å². The Morgan fingerprint density at radius 1 is 0.345 bits per heavy atom. The Labute approximate surface area is 534 Å². The monoisotopic (exact) mass is 1210 g/mol. The summed E-state index contributed by atoms with van der Waals surface area (Å²) in [6.45, 7) is 4.51. The first-order valence-electron chi connectivity index (χ1n) is 35.0. The highest BCUT2D eigenvalue weighted by molar-refractivity contribution is 5.70. The summed E-state index contributed by atoms with van der Waals surface area (Å²) in [5.74, 6) is -2.31. The molecule has 87 heavy (non-hydrogen) atoms. The Hall–Kier alpha value is -4.83. The number of rotatable bonds is 63. The standard InChI is InChI=1S/C78H129NO8/c1-6-8-10-12-14-16-18-20-22-24-26-28-30-32-34-36-38-40-42-44-46-48-50-52-54-56-58-60-62-64-66-68-75(80)85-72-74(73-86-78(77(82)83)84-71-70-79(3,4)5)87-76(81)69-67-65-63-61-59-57-55-53-51-49-47-45-43-41-39-37-35-33-31-29-27-25-23-21-19-17-15-13-11-9-7-2/h8-11,14-17,20-23,26-29,33,35,39,41,45,47,51,53,74,78H,6-7,12-13,18-19,24-25,30-32,34,36-38,40,42-44,46,48-50,52,54-73H2,1-5H3/b10-8-,11-9-,16-14-,17-15-,22-20-,23-21-,28-26-,29-27-,35-33-,41-39-,47-45-,53-51-. The number of unbranched alkanes of at least 4 members (excludes halogenated alkanes) is 24. The Morgan fingerprint density at radius 3 is 0.920 bits per heavy atom. The third-order valence-electron chi connectivity index (χ3n) is 14.6. The van der Waals surface area contributed by atoms with E-state index in [0.29, 0.717) is 17.4 Å². The Kier molecular flexibility index (Phi) is 63.4. The van der Waals surface area contributed by atoms with Crippen LogP contribution in [0.2, 0.25) is 0 Å². The second-order valence-electron chi connectivity index (χ2n) is 24.1. The largest absolute Gasteiger partial charge is 0.545 e. The minimum Gasteiger partial charge on any atom is -0.545 e. The number of aliphatic carboxylic acids is 1. The maximum absolute atomic E-state index is 12.9. The fourth-order valence-electron chi connectivity index (χ4n) is 9.31. The SMILES string of the molecule is CC/C=C\C/C=C\C/C=C\C/C=C\C/C=C\C/C=C\C/C=C\C/C=C\CCCCCCCCC(=O)OC(COC(=O)CCCCCCCCCCCCCCCCCCCC/C=C\C/C=C\C/C=C\C/C=C\CC)COC(OCC[N+](C)(C)C)C(=O)[O-]. The summed E-state index contributed by atoms with van der Waals surface area (Å²) in [5, 5.41) is 11.8. The zero-order valence-corrected chi connectivity index (χ0v) is 56.3. The Morgan fingerprint density at radius 2 is 0.621 bits per heavy atom. The number of allylic oxidation sites excluding steroid dienone is 24. The lowest BCUT2D eigenvalue weighted by Crippen LogP contribution is -2.44. The number of carboxylic acid groups (broad SMARTS) is 1. The topological polar surface area (TPSA) is 111 Å². The van der Waals surface area contributed by atoms with Gasteiger partial charge in [0.15, 0.2) is 12.4 Å². The van der Waals surface area contributed by atoms with Crippen molar-refractivity contribution >= 4 is 17.9 Å². The van der Waals surface area contributed by atoms with E-state index in [0.717, 1.165) is 135 Å². The van der Waals surface area contributed by atoms with Gasteiger partial charge >= 0.3 is 11.9 Å². The molecule has 0 aromatic rings. The van der Waals surface area contributed by atoms with Gasteiger partial charge in [-0.15, -0.1) is 0 Å². The maximum atomic E-state index is 12.9. The zero-order chi connectivity index (χ0) is 63.3. The van der Waals surface area contributed by atoms with Crippen LogP contribution >= 0.6 is 0 Å². The summed E-state index contributed by atoms with van der Waals surface area (Å²) in [4.78, 5) is 37.5. The van der Waals surface area contributed by atoms with E-state index in [1.54, 1.807) is 0 Å². The molecule has 2 atom stereocenters. The summed E-state index contributed by atoms with van der Waals surface area (Å²) in [6.07, 6.45) is 94.9. The average molecular weight is 1210 g/mol. The van der Waals surface area contributed by atoms with Gasteiger partial charge in [-0.25, -0.2) is 0 Å². The highest BCUT2D eigenvalue weighted by Gasteiger charge is 2.22. The van der Waals surface area contributed by atoms with Crippen molar-refractivity contribution in [2.45, 2.75) is 283 Å². The van der Waals surface area contributed by atoms with Gasteiger partial charge in [-0.1, -0.05) is 288 Å². The van der Waals surface area contributed by atoms with Gasteiger partial charge < -0.3 is 33.3 Å². The van der Waals surface area contributed by atoms with Crippen LogP contribution in [-0.2, 0) is 33.3 Å². The number of nitrogens with zero attached hydrogens (tertiary/aromatic N) is 1. The van der Waals surface area contributed by atoms with Crippen molar-refractivity contribution in [3.63, 3.8) is 0 Å². The van der Waals surface area contributed by atoms with Gasteiger partial charge in [0.25, 0.3) is 0 Å². The average Bonchev–Trinajstić information content (AvgIpc) is 3.56. The molecule has 0 aliphatic rings. The van der Waals surface area contributed by atoms with Crippen molar-refractivity contribution in [3.8, 4) is 0 Å². The van der Waals surface area contributed by atoms with Crippen LogP contribution in [0.3, 0.4) is 0 Å². The van der Waals surface area contributed by atoms with E-state index in [1.807, 2.05) is 21.1 Å². The number of hydrogen-bond donors (Lipinski definition) is 0. The number of esters is 2. The number of hydrogen-bond acceptors (Lipinski definition) is 8. The first-order valence-corrected chi connectivity index (χ1v) is 35.0. The summed E-state index contributed by atoms with van der Waals surface area (Å²) < 4.78 is 22.8. The van der Waals surface area contributed by atoms with E-state index < -0.39 is 24.3 Å². The first kappa shape index (κ1) is 82.2. The number of likely N-dealkylation sites (N-methyl/N-ethyl adjacent to an activating group) is 1. The molecular formula is C78H129NO8. The minimum absolute atomic E-state index is 0.138. The molecule has 0 amide bonds. The summed E-state index contributed by atoms with van der Waals surface area (Å²) in [7, 11) is 5.92. The van der Waals surface area contributed by atoms with E-state index in [-0.39, 0.29) is 38.6 Å². The second-order valence-corrected chi connectivity index (χ2v) is 24.1. The highest BCUT2D eigenvalue weighted by atomic mass is 16.7. The van der Waals surface area contributed by atoms with Crippen LogP contribution in [0.15, 0.2) is 146 Å². The van der Waals surface area contributed by atoms with Crippen molar-refractivity contribution < 1.29 is 42.9 Å². The van der Waals surface area contributed by atoms with E-state index in [2.05, 4.69) is 160 Å². The lowest BCUT2D eigenvalue weighted by Gasteiger charge is -2.26. The molecule has 0 saturated heterocycles. The molecule has 0 bridgehead atoms.